The van der Waals surface area contributed by atoms with Crippen LogP contribution in [0.3, 0.4) is 0 Å². The maximum Gasteiger partial charge on any atom is 0.320 e. The number of hydrogen-bond donors (Lipinski definition) is 4. The fourth-order valence-corrected chi connectivity index (χ4v) is 3.48. The van der Waals surface area contributed by atoms with Gasteiger partial charge in [0, 0.05) is 37.3 Å². The molecule has 4 N–H and O–H groups in total. The molecule has 2 unspecified atom stereocenters. The summed E-state index contributed by atoms with van der Waals surface area (Å²) >= 11 is 0. The molecule has 3 aromatic rings. The van der Waals surface area contributed by atoms with Gasteiger partial charge in [-0.25, -0.2) is 9.78 Å². The highest BCUT2D eigenvalue weighted by Gasteiger charge is 2.16. The van der Waals surface area contributed by atoms with Crippen LogP contribution < -0.4 is 16.0 Å². The first-order valence-electron chi connectivity index (χ1n) is 9.93. The van der Waals surface area contributed by atoms with Crippen molar-refractivity contribution in [2.45, 2.75) is 25.9 Å². The maximum absolute atomic E-state index is 12.3. The highest BCUT2D eigenvalue weighted by atomic mass is 16.5. The number of rotatable bonds is 7. The van der Waals surface area contributed by atoms with Crippen LogP contribution in [0, 0.1) is 5.92 Å². The fraction of sp³-hybridized carbons (Fsp3) is 0.381. The molecule has 1 aliphatic rings. The van der Waals surface area contributed by atoms with E-state index < -0.39 is 0 Å². The second kappa shape index (κ2) is 9.02. The van der Waals surface area contributed by atoms with Gasteiger partial charge in [0.05, 0.1) is 23.9 Å². The zero-order valence-electron chi connectivity index (χ0n) is 16.4. The minimum Gasteiger partial charge on any atom is -0.381 e. The van der Waals surface area contributed by atoms with E-state index in [2.05, 4.69) is 31.1 Å². The fourth-order valence-electron chi connectivity index (χ4n) is 3.48. The summed E-state index contributed by atoms with van der Waals surface area (Å²) in [5.41, 5.74) is 2.80. The molecule has 0 radical (unpaired) electrons. The predicted octanol–water partition coefficient (Wildman–Crippen LogP) is 2.97. The summed E-state index contributed by atoms with van der Waals surface area (Å²) < 4.78 is 5.40. The molecule has 0 bridgehead atoms. The smallest absolute Gasteiger partial charge is 0.320 e. The minimum absolute atomic E-state index is 0.103. The zero-order valence-corrected chi connectivity index (χ0v) is 16.4. The van der Waals surface area contributed by atoms with Crippen LogP contribution in [-0.4, -0.2) is 41.0 Å². The molecule has 152 valence electrons. The van der Waals surface area contributed by atoms with Gasteiger partial charge in [-0.05, 0) is 24.8 Å². The summed E-state index contributed by atoms with van der Waals surface area (Å²) in [6.45, 7) is 5.25. The molecular weight excluding hydrogens is 368 g/mol. The molecular formula is C21H26N6O2. The Morgan fingerprint density at radius 3 is 3.00 bits per heavy atom. The molecule has 2 amide bonds. The Balaban J connectivity index is 1.33. The van der Waals surface area contributed by atoms with Gasteiger partial charge < -0.3 is 15.4 Å². The lowest BCUT2D eigenvalue weighted by Gasteiger charge is -2.14. The average Bonchev–Trinajstić information content (AvgIpc) is 3.38. The van der Waals surface area contributed by atoms with E-state index in [-0.39, 0.29) is 12.1 Å². The normalized spacial score (nSPS) is 17.3. The van der Waals surface area contributed by atoms with Crippen molar-refractivity contribution < 1.29 is 9.53 Å². The summed E-state index contributed by atoms with van der Waals surface area (Å²) in [6.07, 6.45) is 2.85. The van der Waals surface area contributed by atoms with Crippen molar-refractivity contribution in [3.8, 4) is 0 Å². The molecule has 4 rings (SSSR count). The Morgan fingerprint density at radius 2 is 2.21 bits per heavy atom. The number of carbonyl (C=O) groups is 1. The van der Waals surface area contributed by atoms with E-state index in [1.165, 1.54) is 0 Å². The van der Waals surface area contributed by atoms with E-state index in [1.54, 1.807) is 12.3 Å². The van der Waals surface area contributed by atoms with E-state index in [1.807, 2.05) is 37.3 Å². The molecule has 1 saturated heterocycles. The first-order chi connectivity index (χ1) is 14.2. The molecule has 1 fully saturated rings. The standard InChI is InChI=1S/C21H26N6O2/c1-14(16-5-3-2-4-6-16)24-21(28)25-20-9-18-17(11-23-20)19(27-26-18)12-22-10-15-7-8-29-13-15/h2-6,9,11,14-15,22H,7-8,10,12-13H2,1H3,(H,26,27)(H2,23,24,25,28). The molecule has 0 aliphatic carbocycles. The number of aromatic amines is 1. The van der Waals surface area contributed by atoms with Gasteiger partial charge in [0.15, 0.2) is 0 Å². The van der Waals surface area contributed by atoms with Crippen molar-refractivity contribution in [1.29, 1.82) is 0 Å². The van der Waals surface area contributed by atoms with Gasteiger partial charge in [0.2, 0.25) is 0 Å². The summed E-state index contributed by atoms with van der Waals surface area (Å²) in [5, 5.41) is 17.5. The highest BCUT2D eigenvalue weighted by molar-refractivity contribution is 5.91. The molecule has 2 atom stereocenters. The lowest BCUT2D eigenvalue weighted by atomic mass is 10.1. The number of nitrogens with one attached hydrogen (secondary N) is 4. The number of aromatic nitrogens is 3. The second-order valence-electron chi connectivity index (χ2n) is 7.38. The van der Waals surface area contributed by atoms with E-state index >= 15 is 0 Å². The van der Waals surface area contributed by atoms with Crippen LogP contribution in [0.25, 0.3) is 10.9 Å². The molecule has 2 aromatic heterocycles. The molecule has 1 aromatic carbocycles. The molecule has 8 nitrogen and oxygen atoms in total. The van der Waals surface area contributed by atoms with Gasteiger partial charge in [0.1, 0.15) is 5.82 Å². The number of anilines is 1. The van der Waals surface area contributed by atoms with Crippen LogP contribution in [0.4, 0.5) is 10.6 Å². The zero-order chi connectivity index (χ0) is 20.1. The van der Waals surface area contributed by atoms with Gasteiger partial charge in [-0.2, -0.15) is 5.10 Å². The van der Waals surface area contributed by atoms with Crippen LogP contribution in [0.2, 0.25) is 0 Å². The van der Waals surface area contributed by atoms with E-state index in [0.29, 0.717) is 18.3 Å². The van der Waals surface area contributed by atoms with Gasteiger partial charge in [-0.3, -0.25) is 10.4 Å². The Bertz CT molecular complexity index is 952. The first-order valence-corrected chi connectivity index (χ1v) is 9.93. The number of urea groups is 1. The van der Waals surface area contributed by atoms with Crippen molar-refractivity contribution in [1.82, 2.24) is 25.8 Å². The van der Waals surface area contributed by atoms with Crippen LogP contribution in [0.1, 0.15) is 30.6 Å². The Morgan fingerprint density at radius 1 is 1.34 bits per heavy atom. The number of nitrogens with zero attached hydrogens (tertiary/aromatic N) is 2. The molecule has 0 spiro atoms. The SMILES string of the molecule is CC(NC(=O)Nc1cc2n[nH]c(CNCC3CCOC3)c2cn1)c1ccccc1. The monoisotopic (exact) mass is 394 g/mol. The highest BCUT2D eigenvalue weighted by Crippen LogP contribution is 2.19. The topological polar surface area (TPSA) is 104 Å². The van der Waals surface area contributed by atoms with Gasteiger partial charge in [-0.15, -0.1) is 0 Å². The summed E-state index contributed by atoms with van der Waals surface area (Å²) in [5.74, 6) is 1.04. The third kappa shape index (κ3) is 4.90. The third-order valence-electron chi connectivity index (χ3n) is 5.17. The molecule has 0 saturated carbocycles. The Hall–Kier alpha value is -2.97. The minimum atomic E-state index is -0.301. The predicted molar refractivity (Wildman–Crippen MR) is 112 cm³/mol. The van der Waals surface area contributed by atoms with Crippen molar-refractivity contribution >= 4 is 22.8 Å². The van der Waals surface area contributed by atoms with Crippen LogP contribution in [0.5, 0.6) is 0 Å². The Labute approximate surface area is 169 Å². The number of carbonyl (C=O) groups excluding carboxylic acids is 1. The first kappa shape index (κ1) is 19.4. The molecule has 1 aliphatic heterocycles. The maximum atomic E-state index is 12.3. The number of ether oxygens (including phenoxy) is 1. The van der Waals surface area contributed by atoms with E-state index in [0.717, 1.165) is 48.3 Å². The van der Waals surface area contributed by atoms with Gasteiger partial charge in [-0.1, -0.05) is 30.3 Å². The number of H-pyrrole nitrogens is 1. The van der Waals surface area contributed by atoms with Gasteiger partial charge in [0.25, 0.3) is 0 Å². The van der Waals surface area contributed by atoms with Crippen LogP contribution >= 0.6 is 0 Å². The second-order valence-corrected chi connectivity index (χ2v) is 7.38. The third-order valence-corrected chi connectivity index (χ3v) is 5.17. The lowest BCUT2D eigenvalue weighted by Crippen LogP contribution is -2.31. The van der Waals surface area contributed by atoms with E-state index in [9.17, 15) is 4.79 Å². The number of hydrogen-bond acceptors (Lipinski definition) is 5. The molecule has 3 heterocycles. The van der Waals surface area contributed by atoms with E-state index in [4.69, 9.17) is 4.74 Å². The summed E-state index contributed by atoms with van der Waals surface area (Å²) in [7, 11) is 0. The molecule has 8 heteroatoms. The number of pyridine rings is 1. The summed E-state index contributed by atoms with van der Waals surface area (Å²) in [4.78, 5) is 16.7. The van der Waals surface area contributed by atoms with Crippen molar-refractivity contribution in [3.05, 3.63) is 53.9 Å². The molecule has 29 heavy (non-hydrogen) atoms. The van der Waals surface area contributed by atoms with Crippen LogP contribution in [0.15, 0.2) is 42.6 Å². The van der Waals surface area contributed by atoms with Crippen molar-refractivity contribution in [3.63, 3.8) is 0 Å². The van der Waals surface area contributed by atoms with Gasteiger partial charge >= 0.3 is 6.03 Å². The Kier molecular flexibility index (Phi) is 6.02. The lowest BCUT2D eigenvalue weighted by molar-refractivity contribution is 0.185. The number of amides is 2. The number of fused-ring (bicyclic) bond motifs is 1. The number of benzene rings is 1. The van der Waals surface area contributed by atoms with Crippen molar-refractivity contribution in [2.75, 3.05) is 25.1 Å². The van der Waals surface area contributed by atoms with Crippen LogP contribution in [-0.2, 0) is 11.3 Å². The summed E-state index contributed by atoms with van der Waals surface area (Å²) in [6, 6.07) is 11.2. The van der Waals surface area contributed by atoms with Crippen molar-refractivity contribution in [2.24, 2.45) is 5.92 Å². The average molecular weight is 394 g/mol. The largest absolute Gasteiger partial charge is 0.381 e. The quantitative estimate of drug-likeness (QED) is 0.493.